The molecule has 0 spiro atoms. The maximum absolute atomic E-state index is 11.9. The average Bonchev–Trinajstić information content (AvgIpc) is 2.76. The Morgan fingerprint density at radius 2 is 1.88 bits per heavy atom. The van der Waals surface area contributed by atoms with Gasteiger partial charge in [-0.25, -0.2) is 0 Å². The second-order valence-corrected chi connectivity index (χ2v) is 5.63. The lowest BCUT2D eigenvalue weighted by molar-refractivity contribution is -0.119. The summed E-state index contributed by atoms with van der Waals surface area (Å²) in [5, 5.41) is 1.07. The van der Waals surface area contributed by atoms with Crippen LogP contribution in [0.5, 0.6) is 0 Å². The number of carbonyl (C=O) groups is 1. The van der Waals surface area contributed by atoms with Crippen molar-refractivity contribution in [3.63, 3.8) is 0 Å². The standard InChI is InChI=1S/C14H16Cl2O/c15-13-6-5-11(9-14(13)16)8-12(17)7-10-3-1-2-4-10/h5-6,9-10H,1-4,7-8H2. The highest BCUT2D eigenvalue weighted by molar-refractivity contribution is 6.42. The van der Waals surface area contributed by atoms with E-state index in [1.807, 2.05) is 6.07 Å². The van der Waals surface area contributed by atoms with E-state index < -0.39 is 0 Å². The van der Waals surface area contributed by atoms with Crippen LogP contribution < -0.4 is 0 Å². The number of benzene rings is 1. The fraction of sp³-hybridized carbons (Fsp3) is 0.500. The first-order chi connectivity index (χ1) is 8.15. The Balaban J connectivity index is 1.90. The highest BCUT2D eigenvalue weighted by atomic mass is 35.5. The zero-order valence-corrected chi connectivity index (χ0v) is 11.2. The molecular weight excluding hydrogens is 255 g/mol. The molecule has 0 atom stereocenters. The maximum Gasteiger partial charge on any atom is 0.137 e. The van der Waals surface area contributed by atoms with Crippen molar-refractivity contribution >= 4 is 29.0 Å². The summed E-state index contributed by atoms with van der Waals surface area (Å²) in [4.78, 5) is 11.9. The lowest BCUT2D eigenvalue weighted by Crippen LogP contribution is -2.08. The molecule has 1 aliphatic carbocycles. The van der Waals surface area contributed by atoms with Gasteiger partial charge < -0.3 is 0 Å². The van der Waals surface area contributed by atoms with Crippen LogP contribution in [0.1, 0.15) is 37.7 Å². The second kappa shape index (κ2) is 5.88. The zero-order valence-electron chi connectivity index (χ0n) is 9.72. The molecule has 0 unspecified atom stereocenters. The Labute approximate surface area is 112 Å². The molecule has 1 aliphatic rings. The van der Waals surface area contributed by atoms with Gasteiger partial charge >= 0.3 is 0 Å². The van der Waals surface area contributed by atoms with Gasteiger partial charge in [-0.1, -0.05) is 55.0 Å². The monoisotopic (exact) mass is 270 g/mol. The molecule has 0 bridgehead atoms. The Morgan fingerprint density at radius 1 is 1.18 bits per heavy atom. The first-order valence-electron chi connectivity index (χ1n) is 6.11. The summed E-state index contributed by atoms with van der Waals surface area (Å²) in [6, 6.07) is 5.42. The fourth-order valence-corrected chi connectivity index (χ4v) is 2.81. The third-order valence-electron chi connectivity index (χ3n) is 3.38. The van der Waals surface area contributed by atoms with Crippen molar-refractivity contribution in [1.82, 2.24) is 0 Å². The zero-order chi connectivity index (χ0) is 12.3. The predicted molar refractivity (Wildman–Crippen MR) is 71.7 cm³/mol. The van der Waals surface area contributed by atoms with Crippen molar-refractivity contribution in [2.75, 3.05) is 0 Å². The Hall–Kier alpha value is -0.530. The van der Waals surface area contributed by atoms with Crippen LogP contribution in [0, 0.1) is 5.92 Å². The van der Waals surface area contributed by atoms with Gasteiger partial charge in [0.2, 0.25) is 0 Å². The van der Waals surface area contributed by atoms with E-state index in [0.717, 1.165) is 12.0 Å². The summed E-state index contributed by atoms with van der Waals surface area (Å²) >= 11 is 11.8. The Kier molecular flexibility index (Phi) is 4.47. The van der Waals surface area contributed by atoms with Crippen LogP contribution in [0.25, 0.3) is 0 Å². The normalized spacial score (nSPS) is 16.4. The quantitative estimate of drug-likeness (QED) is 0.776. The second-order valence-electron chi connectivity index (χ2n) is 4.82. The van der Waals surface area contributed by atoms with Crippen molar-refractivity contribution in [3.8, 4) is 0 Å². The van der Waals surface area contributed by atoms with Gasteiger partial charge in [-0.3, -0.25) is 4.79 Å². The minimum atomic E-state index is 0.315. The summed E-state index contributed by atoms with van der Waals surface area (Å²) in [6.45, 7) is 0. The van der Waals surface area contributed by atoms with Crippen molar-refractivity contribution in [1.29, 1.82) is 0 Å². The van der Waals surface area contributed by atoms with Gasteiger partial charge in [0, 0.05) is 12.8 Å². The number of carbonyl (C=O) groups excluding carboxylic acids is 1. The van der Waals surface area contributed by atoms with Gasteiger partial charge in [0.15, 0.2) is 0 Å². The van der Waals surface area contributed by atoms with Gasteiger partial charge in [-0.05, 0) is 23.6 Å². The molecule has 0 aromatic heterocycles. The fourth-order valence-electron chi connectivity index (χ4n) is 2.49. The van der Waals surface area contributed by atoms with Crippen molar-refractivity contribution in [2.24, 2.45) is 5.92 Å². The van der Waals surface area contributed by atoms with Crippen molar-refractivity contribution < 1.29 is 4.79 Å². The molecule has 1 aromatic carbocycles. The molecule has 0 heterocycles. The molecule has 2 rings (SSSR count). The van der Waals surface area contributed by atoms with E-state index in [4.69, 9.17) is 23.2 Å². The molecule has 0 radical (unpaired) electrons. The summed E-state index contributed by atoms with van der Waals surface area (Å²) in [7, 11) is 0. The molecule has 3 heteroatoms. The maximum atomic E-state index is 11.9. The van der Waals surface area contributed by atoms with E-state index in [9.17, 15) is 4.79 Å². The number of hydrogen-bond acceptors (Lipinski definition) is 1. The van der Waals surface area contributed by atoms with Crippen LogP contribution in [0.2, 0.25) is 10.0 Å². The highest BCUT2D eigenvalue weighted by Gasteiger charge is 2.18. The van der Waals surface area contributed by atoms with Crippen molar-refractivity contribution in [2.45, 2.75) is 38.5 Å². The van der Waals surface area contributed by atoms with Gasteiger partial charge in [0.05, 0.1) is 10.0 Å². The van der Waals surface area contributed by atoms with Crippen LogP contribution in [0.15, 0.2) is 18.2 Å². The van der Waals surface area contributed by atoms with E-state index in [1.165, 1.54) is 25.7 Å². The number of rotatable bonds is 4. The van der Waals surface area contributed by atoms with Gasteiger partial charge in [-0.2, -0.15) is 0 Å². The van der Waals surface area contributed by atoms with Gasteiger partial charge in [0.25, 0.3) is 0 Å². The van der Waals surface area contributed by atoms with Crippen LogP contribution in [0.4, 0.5) is 0 Å². The van der Waals surface area contributed by atoms with Crippen LogP contribution in [0.3, 0.4) is 0 Å². The SMILES string of the molecule is O=C(Cc1ccc(Cl)c(Cl)c1)CC1CCCC1. The van der Waals surface area contributed by atoms with Gasteiger partial charge in [-0.15, -0.1) is 0 Å². The first kappa shape index (κ1) is 12.9. The van der Waals surface area contributed by atoms with Crippen molar-refractivity contribution in [3.05, 3.63) is 33.8 Å². The lowest BCUT2D eigenvalue weighted by Gasteiger charge is -2.08. The number of ketones is 1. The van der Waals surface area contributed by atoms with Crippen LogP contribution >= 0.6 is 23.2 Å². The molecule has 1 saturated carbocycles. The smallest absolute Gasteiger partial charge is 0.137 e. The summed E-state index contributed by atoms with van der Waals surface area (Å²) in [5.41, 5.74) is 0.961. The third kappa shape index (κ3) is 3.72. The van der Waals surface area contributed by atoms with E-state index >= 15 is 0 Å². The largest absolute Gasteiger partial charge is 0.299 e. The molecule has 0 aliphatic heterocycles. The Morgan fingerprint density at radius 3 is 2.53 bits per heavy atom. The minimum absolute atomic E-state index is 0.315. The molecule has 0 saturated heterocycles. The molecular formula is C14H16Cl2O. The molecule has 92 valence electrons. The van der Waals surface area contributed by atoms with E-state index in [-0.39, 0.29) is 0 Å². The molecule has 1 fully saturated rings. The molecule has 0 amide bonds. The number of Topliss-reactive ketones (excluding diaryl/α,β-unsaturated/α-hetero) is 1. The number of hydrogen-bond donors (Lipinski definition) is 0. The van der Waals surface area contributed by atoms with E-state index in [2.05, 4.69) is 0 Å². The summed E-state index contributed by atoms with van der Waals surface area (Å²) in [6.07, 6.45) is 6.20. The summed E-state index contributed by atoms with van der Waals surface area (Å²) in [5.74, 6) is 0.931. The molecule has 17 heavy (non-hydrogen) atoms. The molecule has 1 aromatic rings. The van der Waals surface area contributed by atoms with Crippen LogP contribution in [-0.4, -0.2) is 5.78 Å². The number of halogens is 2. The first-order valence-corrected chi connectivity index (χ1v) is 6.86. The van der Waals surface area contributed by atoms with Gasteiger partial charge in [0.1, 0.15) is 5.78 Å². The average molecular weight is 271 g/mol. The van der Waals surface area contributed by atoms with E-state index in [0.29, 0.717) is 28.2 Å². The minimum Gasteiger partial charge on any atom is -0.299 e. The third-order valence-corrected chi connectivity index (χ3v) is 4.12. The summed E-state index contributed by atoms with van der Waals surface area (Å²) < 4.78 is 0. The highest BCUT2D eigenvalue weighted by Crippen LogP contribution is 2.28. The Bertz CT molecular complexity index is 409. The molecule has 1 nitrogen and oxygen atoms in total. The van der Waals surface area contributed by atoms with E-state index in [1.54, 1.807) is 12.1 Å². The lowest BCUT2D eigenvalue weighted by atomic mass is 9.97. The predicted octanol–water partition coefficient (Wildman–Crippen LogP) is 4.69. The van der Waals surface area contributed by atoms with Crippen LogP contribution in [-0.2, 0) is 11.2 Å². The topological polar surface area (TPSA) is 17.1 Å². The molecule has 0 N–H and O–H groups in total.